The molecule has 2 bridgehead atoms. The molecule has 33 heavy (non-hydrogen) atoms. The summed E-state index contributed by atoms with van der Waals surface area (Å²) in [5.74, 6) is 0. The summed E-state index contributed by atoms with van der Waals surface area (Å²) in [5, 5.41) is 31.9. The quantitative estimate of drug-likeness (QED) is 0.185. The number of non-ortho nitro benzene ring substituents is 1. The number of nitrogens with zero attached hydrogens (tertiary/aromatic N) is 6. The molecule has 3 fully saturated rings. The van der Waals surface area contributed by atoms with Gasteiger partial charge in [0, 0.05) is 38.3 Å². The lowest BCUT2D eigenvalue weighted by Gasteiger charge is -2.50. The maximum atomic E-state index is 10.8. The normalized spacial score (nSPS) is 21.5. The lowest BCUT2D eigenvalue weighted by Crippen LogP contribution is -3.00. The molecule has 0 radical (unpaired) electrons. The molecule has 0 amide bonds. The molecule has 2 aromatic rings. The van der Waals surface area contributed by atoms with Gasteiger partial charge in [0.1, 0.15) is 11.8 Å². The van der Waals surface area contributed by atoms with Gasteiger partial charge in [0.25, 0.3) is 5.69 Å². The molecule has 0 saturated carbocycles. The first-order valence-electron chi connectivity index (χ1n) is 11.0. The van der Waals surface area contributed by atoms with Crippen molar-refractivity contribution in [1.82, 2.24) is 10.2 Å². The number of azo groups is 1. The van der Waals surface area contributed by atoms with Crippen molar-refractivity contribution in [2.24, 2.45) is 10.2 Å². The van der Waals surface area contributed by atoms with E-state index in [9.17, 15) is 15.4 Å². The summed E-state index contributed by atoms with van der Waals surface area (Å²) < 4.78 is 1.28. The van der Waals surface area contributed by atoms with Crippen molar-refractivity contribution in [1.29, 1.82) is 5.26 Å². The number of quaternary nitrogens is 1. The van der Waals surface area contributed by atoms with Gasteiger partial charge >= 0.3 is 0 Å². The molecule has 10 heteroatoms. The maximum absolute atomic E-state index is 10.8. The summed E-state index contributed by atoms with van der Waals surface area (Å²) in [4.78, 5) is 12.9. The van der Waals surface area contributed by atoms with E-state index in [0.29, 0.717) is 11.4 Å². The number of piperazine rings is 3. The Morgan fingerprint density at radius 2 is 1.76 bits per heavy atom. The van der Waals surface area contributed by atoms with E-state index in [1.807, 2.05) is 30.3 Å². The van der Waals surface area contributed by atoms with Gasteiger partial charge in [0.15, 0.2) is 0 Å². The molecule has 3 saturated heterocycles. The minimum Gasteiger partial charge on any atom is -1.00 e. The Labute approximate surface area is 199 Å². The highest BCUT2D eigenvalue weighted by atomic mass is 35.5. The number of nitrogens with one attached hydrogen (secondary N) is 1. The van der Waals surface area contributed by atoms with Crippen molar-refractivity contribution >= 4 is 17.1 Å². The number of halogens is 1. The second-order valence-corrected chi connectivity index (χ2v) is 8.51. The highest BCUT2D eigenvalue weighted by molar-refractivity contribution is 5.58. The average molecular weight is 470 g/mol. The van der Waals surface area contributed by atoms with Gasteiger partial charge in [-0.25, -0.2) is 0 Å². The molecular weight excluding hydrogens is 442 g/mol. The van der Waals surface area contributed by atoms with E-state index in [1.165, 1.54) is 74.1 Å². The van der Waals surface area contributed by atoms with E-state index < -0.39 is 4.92 Å². The zero-order chi connectivity index (χ0) is 22.4. The minimum absolute atomic E-state index is 0. The molecule has 0 spiro atoms. The van der Waals surface area contributed by atoms with Crippen LogP contribution in [0, 0.1) is 21.4 Å². The summed E-state index contributed by atoms with van der Waals surface area (Å²) in [5.41, 5.74) is 2.20. The molecule has 1 N–H and O–H groups in total. The van der Waals surface area contributed by atoms with Crippen LogP contribution in [0.5, 0.6) is 0 Å². The smallest absolute Gasteiger partial charge is 0.270 e. The minimum atomic E-state index is -0.535. The van der Waals surface area contributed by atoms with Gasteiger partial charge in [0.05, 0.1) is 42.4 Å². The van der Waals surface area contributed by atoms with Crippen LogP contribution < -0.4 is 17.7 Å². The number of hydrogen-bond acceptors (Lipinski definition) is 7. The number of nitro benzene ring substituents is 1. The number of nitriles is 1. The molecule has 2 aromatic carbocycles. The third-order valence-corrected chi connectivity index (χ3v) is 6.55. The van der Waals surface area contributed by atoms with Gasteiger partial charge < -0.3 is 22.2 Å². The lowest BCUT2D eigenvalue weighted by molar-refractivity contribution is -0.939. The molecule has 3 aliphatic rings. The van der Waals surface area contributed by atoms with Crippen LogP contribution in [-0.2, 0) is 6.42 Å². The van der Waals surface area contributed by atoms with Crippen molar-refractivity contribution in [3.05, 3.63) is 63.7 Å². The Morgan fingerprint density at radius 3 is 2.39 bits per heavy atom. The molecule has 9 nitrogen and oxygen atoms in total. The average Bonchev–Trinajstić information content (AvgIpc) is 2.84. The molecule has 3 heterocycles. The lowest BCUT2D eigenvalue weighted by atomic mass is 10.1. The first-order valence-corrected chi connectivity index (χ1v) is 11.0. The largest absolute Gasteiger partial charge is 1.00 e. The van der Waals surface area contributed by atoms with Gasteiger partial charge in [-0.15, -0.1) is 5.11 Å². The van der Waals surface area contributed by atoms with Gasteiger partial charge in [-0.3, -0.25) is 15.0 Å². The zero-order valence-electron chi connectivity index (χ0n) is 18.5. The van der Waals surface area contributed by atoms with Crippen molar-refractivity contribution in [3.8, 4) is 6.07 Å². The first-order chi connectivity index (χ1) is 15.6. The fourth-order valence-corrected chi connectivity index (χ4v) is 4.40. The Balaban J connectivity index is 0.00000306. The number of rotatable bonds is 9. The topological polar surface area (TPSA) is 107 Å². The highest BCUT2D eigenvalue weighted by Crippen LogP contribution is 2.26. The second kappa shape index (κ2) is 11.3. The maximum Gasteiger partial charge on any atom is 0.270 e. The monoisotopic (exact) mass is 469 g/mol. The first kappa shape index (κ1) is 24.7. The summed E-state index contributed by atoms with van der Waals surface area (Å²) in [6.45, 7) is 10.9. The van der Waals surface area contributed by atoms with Crippen LogP contribution in [0.2, 0.25) is 0 Å². The summed E-state index contributed by atoms with van der Waals surface area (Å²) in [7, 11) is 0. The van der Waals surface area contributed by atoms with E-state index >= 15 is 0 Å². The molecule has 174 valence electrons. The Hall–Kier alpha value is -2.90. The molecule has 0 unspecified atom stereocenters. The van der Waals surface area contributed by atoms with Gasteiger partial charge in [0.2, 0.25) is 0 Å². The van der Waals surface area contributed by atoms with Crippen LogP contribution in [-0.4, -0.2) is 73.2 Å². The Morgan fingerprint density at radius 1 is 1.06 bits per heavy atom. The predicted molar refractivity (Wildman–Crippen MR) is 121 cm³/mol. The fourth-order valence-electron chi connectivity index (χ4n) is 4.40. The van der Waals surface area contributed by atoms with Crippen molar-refractivity contribution in [2.75, 3.05) is 58.9 Å². The third-order valence-electron chi connectivity index (χ3n) is 6.55. The van der Waals surface area contributed by atoms with Crippen LogP contribution in [0.15, 0.2) is 52.7 Å². The standard InChI is InChI=1S/C23H28N7O2.ClH/c24-18-20-17-22(29(31)32)5-6-23(20)27-26-21-3-1-19(2-4-21)7-8-25-9-13-30-14-10-28(11-15-30)12-16-30;/h1-6,17,25H,7-16H2;1H/q+1;/p-1. The molecule has 3 aliphatic heterocycles. The Bertz CT molecular complexity index is 1010. The number of fused-ring (bicyclic) bond motifs is 3. The fraction of sp³-hybridized carbons (Fsp3) is 0.435. The van der Waals surface area contributed by atoms with Crippen LogP contribution in [0.4, 0.5) is 17.1 Å². The molecule has 5 rings (SSSR count). The van der Waals surface area contributed by atoms with E-state index in [2.05, 4.69) is 20.4 Å². The second-order valence-electron chi connectivity index (χ2n) is 8.51. The number of nitro groups is 1. The third kappa shape index (κ3) is 6.33. The van der Waals surface area contributed by atoms with Gasteiger partial charge in [-0.2, -0.15) is 10.4 Å². The predicted octanol–water partition coefficient (Wildman–Crippen LogP) is 0.164. The molecule has 0 aliphatic carbocycles. The van der Waals surface area contributed by atoms with E-state index in [-0.39, 0.29) is 23.7 Å². The van der Waals surface area contributed by atoms with Crippen molar-refractivity contribution < 1.29 is 21.8 Å². The van der Waals surface area contributed by atoms with Crippen molar-refractivity contribution in [3.63, 3.8) is 0 Å². The van der Waals surface area contributed by atoms with Crippen LogP contribution in [0.3, 0.4) is 0 Å². The number of benzene rings is 2. The van der Waals surface area contributed by atoms with E-state index in [1.54, 1.807) is 0 Å². The van der Waals surface area contributed by atoms with Gasteiger partial charge in [-0.1, -0.05) is 12.1 Å². The SMILES string of the molecule is N#Cc1cc([N+](=O)[O-])ccc1N=Nc1ccc(CCNCC[N+]23CCN(CC2)CC3)cc1.[Cl-]. The zero-order valence-corrected chi connectivity index (χ0v) is 19.2. The van der Waals surface area contributed by atoms with Crippen LogP contribution in [0.25, 0.3) is 0 Å². The van der Waals surface area contributed by atoms with E-state index in [0.717, 1.165) is 19.5 Å². The highest BCUT2D eigenvalue weighted by Gasteiger charge is 2.37. The van der Waals surface area contributed by atoms with Crippen molar-refractivity contribution in [2.45, 2.75) is 6.42 Å². The van der Waals surface area contributed by atoms with Gasteiger partial charge in [-0.05, 0) is 36.7 Å². The summed E-state index contributed by atoms with van der Waals surface area (Å²) in [6.07, 6.45) is 0.951. The molecular formula is C23H28ClN7O2. The summed E-state index contributed by atoms with van der Waals surface area (Å²) >= 11 is 0. The van der Waals surface area contributed by atoms with E-state index in [4.69, 9.17) is 0 Å². The van der Waals surface area contributed by atoms with Crippen LogP contribution in [0.1, 0.15) is 11.1 Å². The molecule has 0 aromatic heterocycles. The Kier molecular flexibility index (Phi) is 8.47. The van der Waals surface area contributed by atoms with Crippen LogP contribution >= 0.6 is 0 Å². The molecule has 0 atom stereocenters. The number of hydrogen-bond donors (Lipinski definition) is 1. The summed E-state index contributed by atoms with van der Waals surface area (Å²) in [6, 6.07) is 13.7.